The van der Waals surface area contributed by atoms with Crippen LogP contribution >= 0.6 is 0 Å². The van der Waals surface area contributed by atoms with Crippen LogP contribution in [0.15, 0.2) is 54.7 Å². The van der Waals surface area contributed by atoms with Gasteiger partial charge < -0.3 is 20.1 Å². The van der Waals surface area contributed by atoms with Crippen molar-refractivity contribution in [3.05, 3.63) is 71.4 Å². The molecular formula is C28H35N5O3. The second-order valence-electron chi connectivity index (χ2n) is 9.36. The van der Waals surface area contributed by atoms with Gasteiger partial charge in [0, 0.05) is 24.5 Å². The zero-order chi connectivity index (χ0) is 25.3. The predicted molar refractivity (Wildman–Crippen MR) is 142 cm³/mol. The summed E-state index contributed by atoms with van der Waals surface area (Å²) in [6.07, 6.45) is 5.43. The molecule has 0 aliphatic carbocycles. The van der Waals surface area contributed by atoms with Gasteiger partial charge >= 0.3 is 6.09 Å². The third-order valence-corrected chi connectivity index (χ3v) is 6.20. The lowest BCUT2D eigenvalue weighted by molar-refractivity contribution is 0.201. The highest BCUT2D eigenvalue weighted by Gasteiger charge is 2.18. The molecule has 1 saturated heterocycles. The van der Waals surface area contributed by atoms with Crippen molar-refractivity contribution in [3.8, 4) is 5.75 Å². The van der Waals surface area contributed by atoms with Crippen LogP contribution in [-0.2, 0) is 6.54 Å². The number of rotatable bonds is 10. The van der Waals surface area contributed by atoms with Crippen molar-refractivity contribution < 1.29 is 14.6 Å². The largest absolute Gasteiger partial charge is 0.493 e. The van der Waals surface area contributed by atoms with E-state index in [9.17, 15) is 9.90 Å². The number of nitrogens with zero attached hydrogens (tertiary/aromatic N) is 4. The van der Waals surface area contributed by atoms with E-state index in [1.54, 1.807) is 12.3 Å². The lowest BCUT2D eigenvalue weighted by Crippen LogP contribution is -2.31. The van der Waals surface area contributed by atoms with Crippen molar-refractivity contribution in [1.29, 1.82) is 0 Å². The van der Waals surface area contributed by atoms with Gasteiger partial charge in [-0.05, 0) is 70.0 Å². The molecule has 0 saturated carbocycles. The highest BCUT2D eigenvalue weighted by Crippen LogP contribution is 2.23. The summed E-state index contributed by atoms with van der Waals surface area (Å²) in [6, 6.07) is 15.3. The third-order valence-electron chi connectivity index (χ3n) is 6.20. The number of ether oxygens (including phenoxy) is 1. The van der Waals surface area contributed by atoms with Gasteiger partial charge in [0.1, 0.15) is 11.6 Å². The van der Waals surface area contributed by atoms with E-state index in [2.05, 4.69) is 26.3 Å². The second kappa shape index (κ2) is 12.4. The fraction of sp³-hybridized carbons (Fsp3) is 0.393. The highest BCUT2D eigenvalue weighted by atomic mass is 16.5. The number of aryl methyl sites for hydroxylation is 2. The third kappa shape index (κ3) is 7.42. The van der Waals surface area contributed by atoms with Crippen molar-refractivity contribution >= 4 is 23.5 Å². The Hall–Kier alpha value is -3.65. The van der Waals surface area contributed by atoms with E-state index in [0.29, 0.717) is 18.4 Å². The molecule has 0 radical (unpaired) electrons. The van der Waals surface area contributed by atoms with Gasteiger partial charge in [0.05, 0.1) is 13.2 Å². The smallest absolute Gasteiger partial charge is 0.413 e. The van der Waals surface area contributed by atoms with E-state index >= 15 is 0 Å². The maximum atomic E-state index is 12.0. The number of amides is 1. The Balaban J connectivity index is 1.37. The van der Waals surface area contributed by atoms with Gasteiger partial charge in [0.25, 0.3) is 0 Å². The minimum absolute atomic E-state index is 0.203. The molecule has 2 N–H and O–H groups in total. The summed E-state index contributed by atoms with van der Waals surface area (Å²) < 4.78 is 5.96. The van der Waals surface area contributed by atoms with Crippen molar-refractivity contribution in [3.63, 3.8) is 0 Å². The Kier molecular flexibility index (Phi) is 8.73. The molecule has 2 heterocycles. The van der Waals surface area contributed by atoms with Crippen LogP contribution in [0.5, 0.6) is 5.75 Å². The number of carbonyl (C=O) groups is 1. The average molecular weight is 490 g/mol. The SMILES string of the molecule is Cc1cc(C)cc(CN(C(=O)O)c2ccnc(Nc3cccc(OCCCN4CCCCC4)c3)n2)c1. The van der Waals surface area contributed by atoms with E-state index in [-0.39, 0.29) is 6.54 Å². The molecule has 1 aromatic heterocycles. The van der Waals surface area contributed by atoms with E-state index in [4.69, 9.17) is 4.74 Å². The van der Waals surface area contributed by atoms with Crippen LogP contribution in [0, 0.1) is 13.8 Å². The Morgan fingerprint density at radius 1 is 1.08 bits per heavy atom. The van der Waals surface area contributed by atoms with Crippen molar-refractivity contribution in [1.82, 2.24) is 14.9 Å². The fourth-order valence-corrected chi connectivity index (χ4v) is 4.60. The molecule has 4 rings (SSSR count). The molecule has 8 nitrogen and oxygen atoms in total. The number of hydrogen-bond acceptors (Lipinski definition) is 6. The van der Waals surface area contributed by atoms with Crippen molar-refractivity contribution in [2.45, 2.75) is 46.1 Å². The summed E-state index contributed by atoms with van der Waals surface area (Å²) in [7, 11) is 0. The van der Waals surface area contributed by atoms with Crippen LogP contribution < -0.4 is 15.0 Å². The van der Waals surface area contributed by atoms with Crippen molar-refractivity contribution in [2.75, 3.05) is 36.5 Å². The Morgan fingerprint density at radius 3 is 2.61 bits per heavy atom. The number of hydrogen-bond donors (Lipinski definition) is 2. The first-order chi connectivity index (χ1) is 17.5. The van der Waals surface area contributed by atoms with Crippen LogP contribution in [0.3, 0.4) is 0 Å². The normalized spacial score (nSPS) is 13.8. The number of carboxylic acid groups (broad SMARTS) is 1. The fourth-order valence-electron chi connectivity index (χ4n) is 4.60. The summed E-state index contributed by atoms with van der Waals surface area (Å²) in [5.41, 5.74) is 3.87. The average Bonchev–Trinajstić information content (AvgIpc) is 2.85. The van der Waals surface area contributed by atoms with Crippen LogP contribution in [0.2, 0.25) is 0 Å². The number of benzene rings is 2. The molecule has 8 heteroatoms. The monoisotopic (exact) mass is 489 g/mol. The molecule has 1 aliphatic heterocycles. The van der Waals surface area contributed by atoms with Gasteiger partial charge in [-0.3, -0.25) is 4.90 Å². The van der Waals surface area contributed by atoms with Gasteiger partial charge in [-0.15, -0.1) is 0 Å². The van der Waals surface area contributed by atoms with Gasteiger partial charge in [0.2, 0.25) is 5.95 Å². The molecule has 0 atom stereocenters. The lowest BCUT2D eigenvalue weighted by Gasteiger charge is -2.26. The standard InChI is InChI=1S/C28H35N5O3/c1-21-16-22(2)18-23(17-21)20-33(28(34)35)26-10-11-29-27(31-26)30-24-8-6-9-25(19-24)36-15-7-14-32-12-4-3-5-13-32/h6,8-11,16-19H,3-5,7,12-15,20H2,1-2H3,(H,34,35)(H,29,30,31). The van der Waals surface area contributed by atoms with Gasteiger partial charge in [-0.2, -0.15) is 4.98 Å². The second-order valence-corrected chi connectivity index (χ2v) is 9.36. The summed E-state index contributed by atoms with van der Waals surface area (Å²) in [5, 5.41) is 13.0. The number of anilines is 3. The Labute approximate surface area is 212 Å². The Morgan fingerprint density at radius 2 is 1.86 bits per heavy atom. The zero-order valence-electron chi connectivity index (χ0n) is 21.1. The van der Waals surface area contributed by atoms with Crippen LogP contribution in [0.1, 0.15) is 42.4 Å². The maximum Gasteiger partial charge on any atom is 0.413 e. The minimum atomic E-state index is -1.07. The van der Waals surface area contributed by atoms with Gasteiger partial charge in [0.15, 0.2) is 0 Å². The van der Waals surface area contributed by atoms with E-state index < -0.39 is 6.09 Å². The minimum Gasteiger partial charge on any atom is -0.493 e. The van der Waals surface area contributed by atoms with E-state index in [1.165, 1.54) is 37.3 Å². The molecule has 0 bridgehead atoms. The summed E-state index contributed by atoms with van der Waals surface area (Å²) in [6.45, 7) is 8.33. The Bertz CT molecular complexity index is 1140. The molecular weight excluding hydrogens is 454 g/mol. The molecule has 0 unspecified atom stereocenters. The number of nitrogens with one attached hydrogen (secondary N) is 1. The van der Waals surface area contributed by atoms with Gasteiger partial charge in [-0.25, -0.2) is 9.78 Å². The highest BCUT2D eigenvalue weighted by molar-refractivity contribution is 5.84. The summed E-state index contributed by atoms with van der Waals surface area (Å²) >= 11 is 0. The zero-order valence-corrected chi connectivity index (χ0v) is 21.1. The molecule has 0 spiro atoms. The topological polar surface area (TPSA) is 90.8 Å². The van der Waals surface area contributed by atoms with E-state index in [0.717, 1.165) is 41.1 Å². The molecule has 1 amide bonds. The first-order valence-electron chi connectivity index (χ1n) is 12.6. The summed E-state index contributed by atoms with van der Waals surface area (Å²) in [4.78, 5) is 24.5. The van der Waals surface area contributed by atoms with Gasteiger partial charge in [-0.1, -0.05) is 41.8 Å². The number of piperidine rings is 1. The first-order valence-corrected chi connectivity index (χ1v) is 12.6. The van der Waals surface area contributed by atoms with Crippen LogP contribution in [0.4, 0.5) is 22.2 Å². The molecule has 1 aliphatic rings. The molecule has 36 heavy (non-hydrogen) atoms. The molecule has 3 aromatic rings. The van der Waals surface area contributed by atoms with E-state index in [1.807, 2.05) is 50.2 Å². The predicted octanol–water partition coefficient (Wildman–Crippen LogP) is 5.78. The van der Waals surface area contributed by atoms with Crippen LogP contribution in [0.25, 0.3) is 0 Å². The lowest BCUT2D eigenvalue weighted by atomic mass is 10.1. The van der Waals surface area contributed by atoms with Crippen molar-refractivity contribution in [2.24, 2.45) is 0 Å². The number of likely N-dealkylation sites (tertiary alicyclic amines) is 1. The maximum absolute atomic E-state index is 12.0. The quantitative estimate of drug-likeness (QED) is 0.349. The number of aromatic nitrogens is 2. The van der Waals surface area contributed by atoms with Crippen LogP contribution in [-0.4, -0.2) is 52.3 Å². The molecule has 1 fully saturated rings. The first kappa shape index (κ1) is 25.4. The summed E-state index contributed by atoms with van der Waals surface area (Å²) in [5.74, 6) is 1.41. The molecule has 2 aromatic carbocycles. The molecule has 190 valence electrons.